The lowest BCUT2D eigenvalue weighted by molar-refractivity contribution is -0.127. The maximum absolute atomic E-state index is 13.9. The number of carbonyl (C=O) groups excluding carboxylic acids is 1. The Bertz CT molecular complexity index is 965. The number of hydrogen-bond acceptors (Lipinski definition) is 5. The van der Waals surface area contributed by atoms with E-state index in [1.807, 2.05) is 4.90 Å². The van der Waals surface area contributed by atoms with E-state index in [0.717, 1.165) is 19.4 Å². The quantitative estimate of drug-likeness (QED) is 0.626. The van der Waals surface area contributed by atoms with Gasteiger partial charge in [0.05, 0.1) is 11.8 Å². The van der Waals surface area contributed by atoms with Crippen LogP contribution in [-0.4, -0.2) is 34.0 Å². The predicted octanol–water partition coefficient (Wildman–Crippen LogP) is 3.96. The number of nitrogens with zero attached hydrogens (tertiary/aromatic N) is 3. The zero-order valence-electron chi connectivity index (χ0n) is 15.3. The van der Waals surface area contributed by atoms with E-state index in [4.69, 9.17) is 8.94 Å². The molecule has 28 heavy (non-hydrogen) atoms. The molecule has 0 bridgehead atoms. The zero-order chi connectivity index (χ0) is 19.3. The van der Waals surface area contributed by atoms with Gasteiger partial charge in [0.15, 0.2) is 0 Å². The molecule has 1 saturated heterocycles. The van der Waals surface area contributed by atoms with Crippen molar-refractivity contribution in [3.63, 3.8) is 0 Å². The van der Waals surface area contributed by atoms with Crippen LogP contribution >= 0.6 is 0 Å². The maximum Gasteiger partial charge on any atom is 0.246 e. The van der Waals surface area contributed by atoms with E-state index in [9.17, 15) is 9.18 Å². The minimum absolute atomic E-state index is 0.0429. The van der Waals surface area contributed by atoms with Crippen LogP contribution in [0.15, 0.2) is 57.7 Å². The van der Waals surface area contributed by atoms with E-state index in [-0.39, 0.29) is 23.5 Å². The number of likely N-dealkylation sites (tertiary alicyclic amines) is 1. The molecule has 7 heteroatoms. The predicted molar refractivity (Wildman–Crippen MR) is 100 cm³/mol. The Morgan fingerprint density at radius 2 is 2.18 bits per heavy atom. The smallest absolute Gasteiger partial charge is 0.246 e. The first-order valence-electron chi connectivity index (χ1n) is 9.27. The van der Waals surface area contributed by atoms with Crippen molar-refractivity contribution in [2.45, 2.75) is 19.3 Å². The third-order valence-corrected chi connectivity index (χ3v) is 4.81. The van der Waals surface area contributed by atoms with E-state index in [1.54, 1.807) is 42.7 Å². The van der Waals surface area contributed by atoms with Gasteiger partial charge in [-0.2, -0.15) is 4.98 Å². The van der Waals surface area contributed by atoms with Gasteiger partial charge in [-0.05, 0) is 49.1 Å². The zero-order valence-corrected chi connectivity index (χ0v) is 15.3. The minimum atomic E-state index is -0.382. The SMILES string of the molecule is O=C(/C=C/c1ccco1)N1CCC[C@H](Cc2nc(-c3ccccc3F)no2)C1. The number of furan rings is 1. The van der Waals surface area contributed by atoms with Gasteiger partial charge in [0.25, 0.3) is 0 Å². The molecule has 1 atom stereocenters. The Morgan fingerprint density at radius 1 is 1.29 bits per heavy atom. The lowest BCUT2D eigenvalue weighted by Crippen LogP contribution is -2.39. The van der Waals surface area contributed by atoms with E-state index in [0.29, 0.717) is 30.2 Å². The number of amides is 1. The molecular weight excluding hydrogens is 361 g/mol. The van der Waals surface area contributed by atoms with Gasteiger partial charge in [0.1, 0.15) is 11.6 Å². The van der Waals surface area contributed by atoms with Crippen LogP contribution in [0, 0.1) is 11.7 Å². The van der Waals surface area contributed by atoms with Crippen molar-refractivity contribution in [3.05, 3.63) is 66.2 Å². The molecule has 0 aliphatic carbocycles. The summed E-state index contributed by atoms with van der Waals surface area (Å²) >= 11 is 0. The average molecular weight is 381 g/mol. The molecule has 1 aliphatic heterocycles. The largest absolute Gasteiger partial charge is 0.465 e. The summed E-state index contributed by atoms with van der Waals surface area (Å²) in [6.45, 7) is 1.35. The molecule has 0 spiro atoms. The highest BCUT2D eigenvalue weighted by atomic mass is 19.1. The second-order valence-electron chi connectivity index (χ2n) is 6.84. The summed E-state index contributed by atoms with van der Waals surface area (Å²) < 4.78 is 24.4. The van der Waals surface area contributed by atoms with Crippen molar-refractivity contribution in [1.82, 2.24) is 15.0 Å². The fourth-order valence-electron chi connectivity index (χ4n) is 3.41. The topological polar surface area (TPSA) is 72.4 Å². The van der Waals surface area contributed by atoms with E-state index < -0.39 is 0 Å². The number of halogens is 1. The normalized spacial score (nSPS) is 17.3. The van der Waals surface area contributed by atoms with Gasteiger partial charge >= 0.3 is 0 Å². The van der Waals surface area contributed by atoms with Crippen LogP contribution in [0.3, 0.4) is 0 Å². The molecule has 6 nitrogen and oxygen atoms in total. The number of benzene rings is 1. The van der Waals surface area contributed by atoms with Gasteiger partial charge in [0.2, 0.25) is 17.6 Å². The third-order valence-electron chi connectivity index (χ3n) is 4.81. The summed E-state index contributed by atoms with van der Waals surface area (Å²) in [5, 5.41) is 3.90. The van der Waals surface area contributed by atoms with Crippen LogP contribution in [0.1, 0.15) is 24.5 Å². The Hall–Kier alpha value is -3.22. The van der Waals surface area contributed by atoms with Crippen LogP contribution in [0.2, 0.25) is 0 Å². The molecular formula is C21H20FN3O3. The first-order chi connectivity index (χ1) is 13.7. The summed E-state index contributed by atoms with van der Waals surface area (Å²) in [7, 11) is 0. The summed E-state index contributed by atoms with van der Waals surface area (Å²) in [6.07, 6.45) is 7.23. The molecule has 0 radical (unpaired) electrons. The van der Waals surface area contributed by atoms with Crippen LogP contribution in [0.25, 0.3) is 17.5 Å². The molecule has 1 aliphatic rings. The Morgan fingerprint density at radius 3 is 3.00 bits per heavy atom. The first-order valence-corrected chi connectivity index (χ1v) is 9.27. The van der Waals surface area contributed by atoms with Crippen molar-refractivity contribution in [1.29, 1.82) is 0 Å². The van der Waals surface area contributed by atoms with Crippen molar-refractivity contribution in [2.75, 3.05) is 13.1 Å². The van der Waals surface area contributed by atoms with Gasteiger partial charge < -0.3 is 13.8 Å². The van der Waals surface area contributed by atoms with Crippen LogP contribution in [0.5, 0.6) is 0 Å². The molecule has 3 heterocycles. The lowest BCUT2D eigenvalue weighted by Gasteiger charge is -2.31. The molecule has 2 aromatic heterocycles. The third kappa shape index (κ3) is 4.19. The summed E-state index contributed by atoms with van der Waals surface area (Å²) in [5.74, 6) is 1.16. The van der Waals surface area contributed by atoms with Gasteiger partial charge in [-0.15, -0.1) is 0 Å². The summed E-state index contributed by atoms with van der Waals surface area (Å²) in [5.41, 5.74) is 0.320. The summed E-state index contributed by atoms with van der Waals surface area (Å²) in [6, 6.07) is 9.91. The fraction of sp³-hybridized carbons (Fsp3) is 0.286. The average Bonchev–Trinajstić information content (AvgIpc) is 3.39. The van der Waals surface area contributed by atoms with Crippen LogP contribution < -0.4 is 0 Å². The second-order valence-corrected chi connectivity index (χ2v) is 6.84. The molecule has 1 amide bonds. The minimum Gasteiger partial charge on any atom is -0.465 e. The monoisotopic (exact) mass is 381 g/mol. The molecule has 1 fully saturated rings. The van der Waals surface area contributed by atoms with Crippen LogP contribution in [-0.2, 0) is 11.2 Å². The van der Waals surface area contributed by atoms with Crippen molar-refractivity contribution < 1.29 is 18.1 Å². The molecule has 0 saturated carbocycles. The van der Waals surface area contributed by atoms with Gasteiger partial charge in [-0.1, -0.05) is 17.3 Å². The molecule has 144 valence electrons. The Labute approximate surface area is 161 Å². The van der Waals surface area contributed by atoms with Crippen molar-refractivity contribution in [3.8, 4) is 11.4 Å². The van der Waals surface area contributed by atoms with Crippen LogP contribution in [0.4, 0.5) is 4.39 Å². The van der Waals surface area contributed by atoms with Crippen molar-refractivity contribution >= 4 is 12.0 Å². The number of aromatic nitrogens is 2. The molecule has 0 N–H and O–H groups in total. The van der Waals surface area contributed by atoms with Gasteiger partial charge in [-0.25, -0.2) is 4.39 Å². The van der Waals surface area contributed by atoms with Gasteiger partial charge in [0, 0.05) is 25.6 Å². The van der Waals surface area contributed by atoms with Crippen molar-refractivity contribution in [2.24, 2.45) is 5.92 Å². The second kappa shape index (κ2) is 8.21. The number of carbonyl (C=O) groups is 1. The number of rotatable bonds is 5. The standard InChI is InChI=1S/C21H20FN3O3/c22-18-8-2-1-7-17(18)21-23-19(28-24-21)13-15-5-3-11-25(14-15)20(26)10-9-16-6-4-12-27-16/h1-2,4,6-10,12,15H,3,5,11,13-14H2/b10-9+/t15-/m1/s1. The highest BCUT2D eigenvalue weighted by Gasteiger charge is 2.25. The lowest BCUT2D eigenvalue weighted by atomic mass is 9.94. The molecule has 3 aromatic rings. The number of hydrogen-bond donors (Lipinski definition) is 0. The Balaban J connectivity index is 1.38. The fourth-order valence-corrected chi connectivity index (χ4v) is 3.41. The number of piperidine rings is 1. The van der Waals surface area contributed by atoms with E-state index >= 15 is 0 Å². The molecule has 0 unspecified atom stereocenters. The van der Waals surface area contributed by atoms with E-state index in [2.05, 4.69) is 10.1 Å². The first kappa shape index (κ1) is 18.2. The maximum atomic E-state index is 13.9. The molecule has 1 aromatic carbocycles. The highest BCUT2D eigenvalue weighted by molar-refractivity contribution is 5.91. The molecule has 4 rings (SSSR count). The summed E-state index contributed by atoms with van der Waals surface area (Å²) in [4.78, 5) is 18.6. The highest BCUT2D eigenvalue weighted by Crippen LogP contribution is 2.23. The Kier molecular flexibility index (Phi) is 5.32. The van der Waals surface area contributed by atoms with E-state index in [1.165, 1.54) is 12.1 Å². The van der Waals surface area contributed by atoms with Gasteiger partial charge in [-0.3, -0.25) is 4.79 Å².